The second kappa shape index (κ2) is 3.99. The van der Waals surface area contributed by atoms with Crippen molar-refractivity contribution in [1.82, 2.24) is 0 Å². The largest absolute Gasteiger partial charge is 0.453 e. The zero-order valence-electron chi connectivity index (χ0n) is 7.81. The van der Waals surface area contributed by atoms with Gasteiger partial charge in [0.2, 0.25) is 0 Å². The molecule has 16 heavy (non-hydrogen) atoms. The van der Waals surface area contributed by atoms with Crippen LogP contribution in [-0.2, 0) is 14.3 Å². The predicted molar refractivity (Wildman–Crippen MR) is 39.4 cm³/mol. The van der Waals surface area contributed by atoms with E-state index in [0.29, 0.717) is 0 Å². The summed E-state index contributed by atoms with van der Waals surface area (Å²) in [5.74, 6) is -8.36. The maximum Gasteiger partial charge on any atom is 0.453 e. The van der Waals surface area contributed by atoms with E-state index in [1.54, 1.807) is 0 Å². The Hall–Kier alpha value is -1.21. The van der Waals surface area contributed by atoms with E-state index >= 15 is 0 Å². The first-order valence-corrected chi connectivity index (χ1v) is 4.30. The van der Waals surface area contributed by atoms with Crippen molar-refractivity contribution < 1.29 is 36.3 Å². The van der Waals surface area contributed by atoms with Crippen molar-refractivity contribution >= 4 is 11.9 Å². The zero-order chi connectivity index (χ0) is 12.6. The maximum absolute atomic E-state index is 12.6. The van der Waals surface area contributed by atoms with E-state index in [4.69, 9.17) is 0 Å². The number of carbonyl (C=O) groups excluding carboxylic acids is 2. The fourth-order valence-electron chi connectivity index (χ4n) is 1.38. The molecule has 0 unspecified atom stereocenters. The molecule has 0 amide bonds. The molecule has 0 bridgehead atoms. The number of rotatable bonds is 2. The van der Waals surface area contributed by atoms with Crippen molar-refractivity contribution in [2.24, 2.45) is 5.92 Å². The average Bonchev–Trinajstić information content (AvgIpc) is 1.97. The van der Waals surface area contributed by atoms with E-state index in [1.807, 2.05) is 0 Å². The molecule has 1 aliphatic rings. The van der Waals surface area contributed by atoms with Gasteiger partial charge < -0.3 is 4.74 Å². The van der Waals surface area contributed by atoms with Crippen LogP contribution in [0.1, 0.15) is 19.3 Å². The fraction of sp³-hybridized carbons (Fsp3) is 0.750. The number of cyclic esters (lactones) is 2. The van der Waals surface area contributed by atoms with Crippen molar-refractivity contribution in [3.63, 3.8) is 0 Å². The summed E-state index contributed by atoms with van der Waals surface area (Å²) in [7, 11) is 0. The number of carbonyl (C=O) groups is 2. The van der Waals surface area contributed by atoms with Gasteiger partial charge in [0, 0.05) is 19.3 Å². The molecule has 0 aliphatic carbocycles. The standard InChI is InChI=1S/C8H7F5O3/c9-7(10,8(11,12)13)3-4-1-5(14)16-6(15)2-4/h4H,1-3H2. The van der Waals surface area contributed by atoms with E-state index in [-0.39, 0.29) is 0 Å². The van der Waals surface area contributed by atoms with Gasteiger partial charge in [-0.05, 0) is 5.92 Å². The van der Waals surface area contributed by atoms with Crippen molar-refractivity contribution in [2.75, 3.05) is 0 Å². The summed E-state index contributed by atoms with van der Waals surface area (Å²) in [5.41, 5.74) is 0. The molecule has 92 valence electrons. The molecule has 0 aromatic carbocycles. The summed E-state index contributed by atoms with van der Waals surface area (Å²) < 4.78 is 64.7. The second-order valence-corrected chi connectivity index (χ2v) is 3.53. The van der Waals surface area contributed by atoms with Gasteiger partial charge in [0.15, 0.2) is 0 Å². The Morgan fingerprint density at radius 1 is 1.06 bits per heavy atom. The lowest BCUT2D eigenvalue weighted by Crippen LogP contribution is -2.40. The normalized spacial score (nSPS) is 19.8. The Kier molecular flexibility index (Phi) is 3.20. The zero-order valence-corrected chi connectivity index (χ0v) is 7.81. The van der Waals surface area contributed by atoms with Gasteiger partial charge in [-0.1, -0.05) is 0 Å². The molecule has 0 spiro atoms. The summed E-state index contributed by atoms with van der Waals surface area (Å²) in [6.45, 7) is 0. The van der Waals surface area contributed by atoms with E-state index < -0.39 is 49.2 Å². The first-order chi connectivity index (χ1) is 7.12. The van der Waals surface area contributed by atoms with Gasteiger partial charge in [-0.2, -0.15) is 22.0 Å². The number of esters is 2. The molecule has 0 saturated carbocycles. The second-order valence-electron chi connectivity index (χ2n) is 3.53. The van der Waals surface area contributed by atoms with Gasteiger partial charge in [-0.25, -0.2) is 0 Å². The van der Waals surface area contributed by atoms with Gasteiger partial charge in [0.25, 0.3) is 0 Å². The molecule has 0 aromatic heterocycles. The van der Waals surface area contributed by atoms with E-state index in [9.17, 15) is 31.5 Å². The lowest BCUT2D eigenvalue weighted by molar-refractivity contribution is -0.288. The number of hydrogen-bond acceptors (Lipinski definition) is 3. The minimum atomic E-state index is -5.67. The Morgan fingerprint density at radius 2 is 1.50 bits per heavy atom. The minimum absolute atomic E-state index is 0.600. The molecule has 1 rings (SSSR count). The van der Waals surface area contributed by atoms with Gasteiger partial charge in [0.1, 0.15) is 0 Å². The Balaban J connectivity index is 2.67. The number of alkyl halides is 5. The molecule has 8 heteroatoms. The van der Waals surface area contributed by atoms with E-state index in [2.05, 4.69) is 4.74 Å². The van der Waals surface area contributed by atoms with Crippen LogP contribution >= 0.6 is 0 Å². The van der Waals surface area contributed by atoms with Crippen LogP contribution in [0.15, 0.2) is 0 Å². The molecule has 0 atom stereocenters. The molecule has 1 aliphatic heterocycles. The van der Waals surface area contributed by atoms with Gasteiger partial charge in [0.05, 0.1) is 0 Å². The molecule has 3 nitrogen and oxygen atoms in total. The topological polar surface area (TPSA) is 43.4 Å². The number of halogens is 5. The summed E-state index contributed by atoms with van der Waals surface area (Å²) in [4.78, 5) is 21.3. The van der Waals surface area contributed by atoms with Crippen molar-refractivity contribution in [3.05, 3.63) is 0 Å². The van der Waals surface area contributed by atoms with Crippen LogP contribution in [0, 0.1) is 5.92 Å². The Labute approximate surface area is 86.6 Å². The molecule has 1 heterocycles. The van der Waals surface area contributed by atoms with Crippen molar-refractivity contribution in [3.8, 4) is 0 Å². The summed E-state index contributed by atoms with van der Waals surface area (Å²) in [6.07, 6.45) is -8.44. The van der Waals surface area contributed by atoms with Crippen LogP contribution in [0.2, 0.25) is 0 Å². The highest BCUT2D eigenvalue weighted by molar-refractivity contribution is 5.88. The van der Waals surface area contributed by atoms with Gasteiger partial charge in [-0.15, -0.1) is 0 Å². The third-order valence-electron chi connectivity index (χ3n) is 2.10. The highest BCUT2D eigenvalue weighted by atomic mass is 19.4. The number of hydrogen-bond donors (Lipinski definition) is 0. The van der Waals surface area contributed by atoms with Crippen LogP contribution in [-0.4, -0.2) is 24.0 Å². The van der Waals surface area contributed by atoms with Crippen LogP contribution in [0.5, 0.6) is 0 Å². The Bertz CT molecular complexity index is 293. The van der Waals surface area contributed by atoms with E-state index in [0.717, 1.165) is 0 Å². The van der Waals surface area contributed by atoms with Crippen LogP contribution in [0.4, 0.5) is 22.0 Å². The van der Waals surface area contributed by atoms with Gasteiger partial charge >= 0.3 is 24.0 Å². The van der Waals surface area contributed by atoms with Crippen LogP contribution < -0.4 is 0 Å². The quantitative estimate of drug-likeness (QED) is 0.425. The summed E-state index contributed by atoms with van der Waals surface area (Å²) >= 11 is 0. The average molecular weight is 246 g/mol. The van der Waals surface area contributed by atoms with Gasteiger partial charge in [-0.3, -0.25) is 9.59 Å². The first-order valence-electron chi connectivity index (χ1n) is 4.30. The molecule has 0 aromatic rings. The lowest BCUT2D eigenvalue weighted by atomic mass is 9.92. The van der Waals surface area contributed by atoms with Crippen LogP contribution in [0.25, 0.3) is 0 Å². The first kappa shape index (κ1) is 12.9. The summed E-state index contributed by atoms with van der Waals surface area (Å²) in [6, 6.07) is 0. The van der Waals surface area contributed by atoms with Crippen LogP contribution in [0.3, 0.4) is 0 Å². The van der Waals surface area contributed by atoms with Crippen molar-refractivity contribution in [1.29, 1.82) is 0 Å². The highest BCUT2D eigenvalue weighted by Crippen LogP contribution is 2.42. The third kappa shape index (κ3) is 2.89. The molecular weight excluding hydrogens is 239 g/mol. The highest BCUT2D eigenvalue weighted by Gasteiger charge is 2.58. The monoisotopic (exact) mass is 246 g/mol. The molecular formula is C8H7F5O3. The van der Waals surface area contributed by atoms with Crippen molar-refractivity contribution in [2.45, 2.75) is 31.4 Å². The fourth-order valence-corrected chi connectivity index (χ4v) is 1.38. The molecule has 0 radical (unpaired) electrons. The lowest BCUT2D eigenvalue weighted by Gasteiger charge is -2.26. The summed E-state index contributed by atoms with van der Waals surface area (Å²) in [5, 5.41) is 0. The maximum atomic E-state index is 12.6. The van der Waals surface area contributed by atoms with E-state index in [1.165, 1.54) is 0 Å². The Morgan fingerprint density at radius 3 is 1.88 bits per heavy atom. The molecule has 1 saturated heterocycles. The smallest absolute Gasteiger partial charge is 0.393 e. The minimum Gasteiger partial charge on any atom is -0.393 e. The number of ether oxygens (including phenoxy) is 1. The predicted octanol–water partition coefficient (Wildman–Crippen LogP) is 2.05. The molecule has 0 N–H and O–H groups in total. The third-order valence-corrected chi connectivity index (χ3v) is 2.10. The SMILES string of the molecule is O=C1CC(CC(F)(F)C(F)(F)F)CC(=O)O1. The molecule has 1 fully saturated rings.